The predicted molar refractivity (Wildman–Crippen MR) is 93.5 cm³/mol. The van der Waals surface area contributed by atoms with E-state index in [9.17, 15) is 4.79 Å². The molecule has 2 aromatic carbocycles. The summed E-state index contributed by atoms with van der Waals surface area (Å²) in [6, 6.07) is 9.89. The lowest BCUT2D eigenvalue weighted by atomic mass is 9.84. The lowest BCUT2D eigenvalue weighted by molar-refractivity contribution is -0.116. The van der Waals surface area contributed by atoms with E-state index in [0.717, 1.165) is 32.6 Å². The summed E-state index contributed by atoms with van der Waals surface area (Å²) in [6.07, 6.45) is 0.394. The first-order chi connectivity index (χ1) is 11.0. The molecule has 1 aliphatic rings. The van der Waals surface area contributed by atoms with Gasteiger partial charge in [0.1, 0.15) is 11.5 Å². The first-order valence-electron chi connectivity index (χ1n) is 7.35. The molecule has 0 saturated carbocycles. The molecule has 3 rings (SSSR count). The Bertz CT molecular complexity index is 773. The lowest BCUT2D eigenvalue weighted by Gasteiger charge is -2.28. The van der Waals surface area contributed by atoms with Gasteiger partial charge in [-0.3, -0.25) is 4.79 Å². The molecular formula is C18H18BrNO3. The Labute approximate surface area is 143 Å². The van der Waals surface area contributed by atoms with Crippen molar-refractivity contribution >= 4 is 27.5 Å². The summed E-state index contributed by atoms with van der Waals surface area (Å²) in [6.45, 7) is 2.04. The molecule has 0 saturated heterocycles. The first-order valence-corrected chi connectivity index (χ1v) is 8.14. The standard InChI is InChI=1S/C18H18BrNO3/c1-10-4-5-11(6-14(10)19)13-9-17(21)20-15-7-12(22-2)8-16(23-3)18(13)15/h4-8,13H,9H2,1-3H3,(H,20,21)/t13-/m0/s1. The van der Waals surface area contributed by atoms with Gasteiger partial charge >= 0.3 is 0 Å². The van der Waals surface area contributed by atoms with Crippen molar-refractivity contribution in [1.29, 1.82) is 0 Å². The summed E-state index contributed by atoms with van der Waals surface area (Å²) in [4.78, 5) is 12.2. The average Bonchev–Trinajstić information content (AvgIpc) is 2.55. The summed E-state index contributed by atoms with van der Waals surface area (Å²) >= 11 is 3.57. The monoisotopic (exact) mass is 375 g/mol. The molecule has 5 heteroatoms. The van der Waals surface area contributed by atoms with Gasteiger partial charge in [-0.05, 0) is 24.1 Å². The summed E-state index contributed by atoms with van der Waals surface area (Å²) in [5.41, 5.74) is 3.99. The Balaban J connectivity index is 2.17. The van der Waals surface area contributed by atoms with Crippen LogP contribution in [0.4, 0.5) is 5.69 Å². The van der Waals surface area contributed by atoms with E-state index in [4.69, 9.17) is 9.47 Å². The summed E-state index contributed by atoms with van der Waals surface area (Å²) < 4.78 is 11.9. The van der Waals surface area contributed by atoms with Crippen LogP contribution in [0.25, 0.3) is 0 Å². The third-order valence-electron chi connectivity index (χ3n) is 4.18. The molecular weight excluding hydrogens is 358 g/mol. The molecule has 1 N–H and O–H groups in total. The second-order valence-corrected chi connectivity index (χ2v) is 6.46. The van der Waals surface area contributed by atoms with Crippen LogP contribution in [0.5, 0.6) is 11.5 Å². The van der Waals surface area contributed by atoms with Crippen LogP contribution in [-0.4, -0.2) is 20.1 Å². The summed E-state index contributed by atoms with van der Waals surface area (Å²) in [7, 11) is 3.23. The largest absolute Gasteiger partial charge is 0.497 e. The van der Waals surface area contributed by atoms with E-state index in [1.54, 1.807) is 14.2 Å². The molecule has 0 radical (unpaired) electrons. The van der Waals surface area contributed by atoms with Crippen molar-refractivity contribution in [1.82, 2.24) is 0 Å². The fourth-order valence-electron chi connectivity index (χ4n) is 2.95. The number of hydrogen-bond acceptors (Lipinski definition) is 3. The second kappa shape index (κ2) is 6.24. The number of aryl methyl sites for hydroxylation is 1. The van der Waals surface area contributed by atoms with Gasteiger partial charge < -0.3 is 14.8 Å². The third-order valence-corrected chi connectivity index (χ3v) is 5.04. The van der Waals surface area contributed by atoms with Crippen molar-refractivity contribution in [2.24, 2.45) is 0 Å². The number of rotatable bonds is 3. The van der Waals surface area contributed by atoms with Gasteiger partial charge in [-0.2, -0.15) is 0 Å². The average molecular weight is 376 g/mol. The number of ether oxygens (including phenoxy) is 2. The Kier molecular flexibility index (Phi) is 4.31. The fourth-order valence-corrected chi connectivity index (χ4v) is 3.35. The molecule has 0 unspecified atom stereocenters. The van der Waals surface area contributed by atoms with Gasteiger partial charge in [-0.15, -0.1) is 0 Å². The second-order valence-electron chi connectivity index (χ2n) is 5.60. The van der Waals surface area contributed by atoms with Crippen LogP contribution < -0.4 is 14.8 Å². The maximum Gasteiger partial charge on any atom is 0.225 e. The maximum atomic E-state index is 12.2. The van der Waals surface area contributed by atoms with E-state index in [1.807, 2.05) is 19.1 Å². The van der Waals surface area contributed by atoms with Crippen molar-refractivity contribution in [3.05, 3.63) is 51.5 Å². The summed E-state index contributed by atoms with van der Waals surface area (Å²) in [5, 5.41) is 2.92. The minimum Gasteiger partial charge on any atom is -0.497 e. The van der Waals surface area contributed by atoms with Crippen molar-refractivity contribution in [3.63, 3.8) is 0 Å². The Morgan fingerprint density at radius 2 is 1.96 bits per heavy atom. The molecule has 1 amide bonds. The Morgan fingerprint density at radius 3 is 2.61 bits per heavy atom. The van der Waals surface area contributed by atoms with E-state index in [0.29, 0.717) is 12.2 Å². The lowest BCUT2D eigenvalue weighted by Crippen LogP contribution is -2.24. The van der Waals surface area contributed by atoms with Crippen LogP contribution in [0.2, 0.25) is 0 Å². The molecule has 0 bridgehead atoms. The third kappa shape index (κ3) is 2.93. The van der Waals surface area contributed by atoms with Gasteiger partial charge in [0.2, 0.25) is 5.91 Å². The minimum atomic E-state index is -0.0449. The molecule has 1 heterocycles. The van der Waals surface area contributed by atoms with Crippen LogP contribution in [0.1, 0.15) is 29.0 Å². The Hall–Kier alpha value is -2.01. The number of anilines is 1. The van der Waals surface area contributed by atoms with Crippen LogP contribution >= 0.6 is 15.9 Å². The SMILES string of the molecule is COc1cc2c(c(OC)c1)[C@H](c1ccc(C)c(Br)c1)CC(=O)N2. The summed E-state index contributed by atoms with van der Waals surface area (Å²) in [5.74, 6) is 1.33. The molecule has 0 aliphatic carbocycles. The molecule has 1 atom stereocenters. The number of hydrogen-bond donors (Lipinski definition) is 1. The van der Waals surface area contributed by atoms with Crippen molar-refractivity contribution < 1.29 is 14.3 Å². The number of fused-ring (bicyclic) bond motifs is 1. The van der Waals surface area contributed by atoms with Crippen LogP contribution in [0.3, 0.4) is 0 Å². The smallest absolute Gasteiger partial charge is 0.225 e. The van der Waals surface area contributed by atoms with Gasteiger partial charge in [0, 0.05) is 34.5 Å². The Morgan fingerprint density at radius 1 is 1.17 bits per heavy atom. The topological polar surface area (TPSA) is 47.6 Å². The van der Waals surface area contributed by atoms with Crippen LogP contribution in [0.15, 0.2) is 34.8 Å². The van der Waals surface area contributed by atoms with Crippen molar-refractivity contribution in [3.8, 4) is 11.5 Å². The zero-order valence-electron chi connectivity index (χ0n) is 13.3. The van der Waals surface area contributed by atoms with Crippen LogP contribution in [0, 0.1) is 6.92 Å². The highest BCUT2D eigenvalue weighted by Crippen LogP contribution is 2.45. The molecule has 4 nitrogen and oxygen atoms in total. The van der Waals surface area contributed by atoms with Crippen LogP contribution in [-0.2, 0) is 4.79 Å². The molecule has 0 fully saturated rings. The van der Waals surface area contributed by atoms with Crippen molar-refractivity contribution in [2.45, 2.75) is 19.3 Å². The number of halogens is 1. The predicted octanol–water partition coefficient (Wildman–Crippen LogP) is 4.25. The van der Waals surface area contributed by atoms with Crippen molar-refractivity contribution in [2.75, 3.05) is 19.5 Å². The molecule has 2 aromatic rings. The highest BCUT2D eigenvalue weighted by atomic mass is 79.9. The van der Waals surface area contributed by atoms with E-state index < -0.39 is 0 Å². The quantitative estimate of drug-likeness (QED) is 0.871. The molecule has 120 valence electrons. The minimum absolute atomic E-state index is 0.00509. The van der Waals surface area contributed by atoms with E-state index >= 15 is 0 Å². The molecule has 0 aromatic heterocycles. The van der Waals surface area contributed by atoms with Gasteiger partial charge in [0.15, 0.2) is 0 Å². The highest BCUT2D eigenvalue weighted by molar-refractivity contribution is 9.10. The number of amides is 1. The molecule has 1 aliphatic heterocycles. The molecule has 23 heavy (non-hydrogen) atoms. The number of carbonyl (C=O) groups is 1. The molecule has 0 spiro atoms. The van der Waals surface area contributed by atoms with Gasteiger partial charge in [0.25, 0.3) is 0 Å². The first kappa shape index (κ1) is 15.9. The van der Waals surface area contributed by atoms with Gasteiger partial charge in [-0.25, -0.2) is 0 Å². The number of benzene rings is 2. The van der Waals surface area contributed by atoms with E-state index in [2.05, 4.69) is 39.4 Å². The normalized spacial score (nSPS) is 16.5. The number of nitrogens with one attached hydrogen (secondary N) is 1. The number of carbonyl (C=O) groups excluding carboxylic acids is 1. The highest BCUT2D eigenvalue weighted by Gasteiger charge is 2.30. The zero-order valence-corrected chi connectivity index (χ0v) is 14.9. The van der Waals surface area contributed by atoms with Gasteiger partial charge in [0.05, 0.1) is 19.9 Å². The van der Waals surface area contributed by atoms with E-state index in [-0.39, 0.29) is 11.8 Å². The van der Waals surface area contributed by atoms with Gasteiger partial charge in [-0.1, -0.05) is 28.1 Å². The van der Waals surface area contributed by atoms with E-state index in [1.165, 1.54) is 0 Å². The fraction of sp³-hybridized carbons (Fsp3) is 0.278. The zero-order chi connectivity index (χ0) is 16.6. The maximum absolute atomic E-state index is 12.2. The number of methoxy groups -OCH3 is 2.